The topological polar surface area (TPSA) is 56.1 Å². The maximum Gasteiger partial charge on any atom is 0.222 e. The summed E-state index contributed by atoms with van der Waals surface area (Å²) in [6.45, 7) is 6.32. The molecule has 112 valence electrons. The molecule has 3 rings (SSSR count). The quantitative estimate of drug-likeness (QED) is 0.916. The molecule has 21 heavy (non-hydrogen) atoms. The van der Waals surface area contributed by atoms with Crippen molar-refractivity contribution in [3.8, 4) is 0 Å². The fourth-order valence-corrected chi connectivity index (χ4v) is 2.63. The fraction of sp³-hybridized carbons (Fsp3) is 0.500. The van der Waals surface area contributed by atoms with Gasteiger partial charge < -0.3 is 14.6 Å². The van der Waals surface area contributed by atoms with Crippen molar-refractivity contribution < 1.29 is 9.53 Å². The smallest absolute Gasteiger partial charge is 0.222 e. The average molecular weight is 287 g/mol. The van der Waals surface area contributed by atoms with Crippen molar-refractivity contribution in [2.45, 2.75) is 26.3 Å². The summed E-state index contributed by atoms with van der Waals surface area (Å²) in [7, 11) is 0. The van der Waals surface area contributed by atoms with Crippen LogP contribution in [-0.2, 0) is 9.53 Å². The van der Waals surface area contributed by atoms with Gasteiger partial charge in [-0.2, -0.15) is 0 Å². The molecule has 2 aromatic rings. The number of amides is 1. The first-order chi connectivity index (χ1) is 10.1. The Balaban J connectivity index is 1.60. The van der Waals surface area contributed by atoms with E-state index in [1.54, 1.807) is 0 Å². The van der Waals surface area contributed by atoms with Crippen LogP contribution in [-0.4, -0.2) is 35.2 Å². The normalized spacial score (nSPS) is 18.2. The molecular formula is C16H21N3O2. The Morgan fingerprint density at radius 2 is 2.24 bits per heavy atom. The summed E-state index contributed by atoms with van der Waals surface area (Å²) in [4.78, 5) is 16.5. The second kappa shape index (κ2) is 5.48. The average Bonchev–Trinajstić information content (AvgIpc) is 2.87. The maximum absolute atomic E-state index is 12.1. The van der Waals surface area contributed by atoms with Crippen LogP contribution in [0.25, 0.3) is 11.0 Å². The Morgan fingerprint density at radius 1 is 1.48 bits per heavy atom. The SMILES string of the molecule is CC(CC(=O)NCC1(C)COC1)n1cnc2ccccc21. The number of ether oxygens (including phenoxy) is 1. The number of para-hydroxylation sites is 2. The van der Waals surface area contributed by atoms with Crippen LogP contribution in [0.5, 0.6) is 0 Å². The number of nitrogens with zero attached hydrogens (tertiary/aromatic N) is 2. The first-order valence-electron chi connectivity index (χ1n) is 7.33. The van der Waals surface area contributed by atoms with Crippen molar-refractivity contribution in [2.24, 2.45) is 5.41 Å². The van der Waals surface area contributed by atoms with Crippen LogP contribution in [0, 0.1) is 5.41 Å². The number of rotatable bonds is 5. The molecule has 1 N–H and O–H groups in total. The Morgan fingerprint density at radius 3 is 2.95 bits per heavy atom. The molecule has 0 spiro atoms. The van der Waals surface area contributed by atoms with E-state index in [0.29, 0.717) is 13.0 Å². The molecule has 1 aliphatic heterocycles. The van der Waals surface area contributed by atoms with E-state index in [9.17, 15) is 4.79 Å². The minimum absolute atomic E-state index is 0.0772. The highest BCUT2D eigenvalue weighted by Crippen LogP contribution is 2.25. The largest absolute Gasteiger partial charge is 0.380 e. The number of aromatic nitrogens is 2. The van der Waals surface area contributed by atoms with Gasteiger partial charge in [0.15, 0.2) is 0 Å². The molecule has 2 heterocycles. The fourth-order valence-electron chi connectivity index (χ4n) is 2.63. The number of fused-ring (bicyclic) bond motifs is 1. The number of hydrogen-bond donors (Lipinski definition) is 1. The van der Waals surface area contributed by atoms with Gasteiger partial charge in [-0.1, -0.05) is 19.1 Å². The van der Waals surface area contributed by atoms with E-state index in [2.05, 4.69) is 21.8 Å². The minimum atomic E-state index is 0.0772. The molecule has 1 saturated heterocycles. The molecule has 0 bridgehead atoms. The summed E-state index contributed by atoms with van der Waals surface area (Å²) in [5, 5.41) is 3.01. The number of carbonyl (C=O) groups excluding carboxylic acids is 1. The zero-order valence-corrected chi connectivity index (χ0v) is 12.5. The van der Waals surface area contributed by atoms with Crippen LogP contribution in [0.15, 0.2) is 30.6 Å². The van der Waals surface area contributed by atoms with Crippen LogP contribution in [0.2, 0.25) is 0 Å². The molecule has 5 nitrogen and oxygen atoms in total. The molecule has 1 fully saturated rings. The van der Waals surface area contributed by atoms with E-state index in [-0.39, 0.29) is 17.4 Å². The van der Waals surface area contributed by atoms with Crippen molar-refractivity contribution >= 4 is 16.9 Å². The van der Waals surface area contributed by atoms with E-state index in [1.165, 1.54) is 0 Å². The third kappa shape index (κ3) is 2.93. The Kier molecular flexibility index (Phi) is 3.68. The van der Waals surface area contributed by atoms with E-state index in [4.69, 9.17) is 4.74 Å². The molecule has 0 aliphatic carbocycles. The van der Waals surface area contributed by atoms with Gasteiger partial charge >= 0.3 is 0 Å². The van der Waals surface area contributed by atoms with Gasteiger partial charge in [-0.05, 0) is 19.1 Å². The number of imidazole rings is 1. The van der Waals surface area contributed by atoms with Crippen LogP contribution in [0.1, 0.15) is 26.3 Å². The monoisotopic (exact) mass is 287 g/mol. The zero-order valence-electron chi connectivity index (χ0n) is 12.5. The Hall–Kier alpha value is -1.88. The van der Waals surface area contributed by atoms with Gasteiger partial charge in [-0.3, -0.25) is 4.79 Å². The lowest BCUT2D eigenvalue weighted by Crippen LogP contribution is -2.48. The molecule has 5 heteroatoms. The van der Waals surface area contributed by atoms with Crippen LogP contribution in [0.4, 0.5) is 0 Å². The van der Waals surface area contributed by atoms with Gasteiger partial charge in [0.25, 0.3) is 0 Å². The lowest BCUT2D eigenvalue weighted by molar-refractivity contribution is -0.127. The van der Waals surface area contributed by atoms with Gasteiger partial charge in [0.05, 0.1) is 30.6 Å². The predicted molar refractivity (Wildman–Crippen MR) is 81.0 cm³/mol. The van der Waals surface area contributed by atoms with Gasteiger partial charge in [0, 0.05) is 24.4 Å². The van der Waals surface area contributed by atoms with Crippen molar-refractivity contribution in [1.82, 2.24) is 14.9 Å². The second-order valence-corrected chi connectivity index (χ2v) is 6.27. The third-order valence-corrected chi connectivity index (χ3v) is 4.05. The maximum atomic E-state index is 12.1. The van der Waals surface area contributed by atoms with E-state index in [0.717, 1.165) is 24.2 Å². The molecule has 1 unspecified atom stereocenters. The molecule has 1 amide bonds. The van der Waals surface area contributed by atoms with E-state index >= 15 is 0 Å². The van der Waals surface area contributed by atoms with Crippen LogP contribution < -0.4 is 5.32 Å². The zero-order chi connectivity index (χ0) is 14.9. The first-order valence-corrected chi connectivity index (χ1v) is 7.33. The van der Waals surface area contributed by atoms with Gasteiger partial charge in [-0.15, -0.1) is 0 Å². The highest BCUT2D eigenvalue weighted by atomic mass is 16.5. The first kappa shape index (κ1) is 14.1. The number of benzene rings is 1. The molecule has 1 aliphatic rings. The molecule has 1 aromatic heterocycles. The predicted octanol–water partition coefficient (Wildman–Crippen LogP) is 2.14. The van der Waals surface area contributed by atoms with Gasteiger partial charge in [0.2, 0.25) is 5.91 Å². The molecule has 1 atom stereocenters. The number of hydrogen-bond acceptors (Lipinski definition) is 3. The van der Waals surface area contributed by atoms with E-state index in [1.807, 2.05) is 37.5 Å². The van der Waals surface area contributed by atoms with E-state index < -0.39 is 0 Å². The van der Waals surface area contributed by atoms with Crippen molar-refractivity contribution in [3.05, 3.63) is 30.6 Å². The van der Waals surface area contributed by atoms with Crippen molar-refractivity contribution in [2.75, 3.05) is 19.8 Å². The highest BCUT2D eigenvalue weighted by Gasteiger charge is 2.33. The standard InChI is InChI=1S/C16H21N3O2/c1-12(7-15(20)17-8-16(2)9-21-10-16)19-11-18-13-5-3-4-6-14(13)19/h3-6,11-12H,7-10H2,1-2H3,(H,17,20). The summed E-state index contributed by atoms with van der Waals surface area (Å²) in [6, 6.07) is 8.06. The second-order valence-electron chi connectivity index (χ2n) is 6.27. The Bertz CT molecular complexity index is 646. The summed E-state index contributed by atoms with van der Waals surface area (Å²) >= 11 is 0. The van der Waals surface area contributed by atoms with Gasteiger partial charge in [-0.25, -0.2) is 4.98 Å². The number of nitrogens with one attached hydrogen (secondary N) is 1. The lowest BCUT2D eigenvalue weighted by atomic mass is 9.89. The minimum Gasteiger partial charge on any atom is -0.380 e. The molecule has 0 saturated carbocycles. The van der Waals surface area contributed by atoms with Crippen LogP contribution in [0.3, 0.4) is 0 Å². The summed E-state index contributed by atoms with van der Waals surface area (Å²) < 4.78 is 7.25. The highest BCUT2D eigenvalue weighted by molar-refractivity contribution is 5.78. The molecule has 0 radical (unpaired) electrons. The van der Waals surface area contributed by atoms with Crippen molar-refractivity contribution in [1.29, 1.82) is 0 Å². The van der Waals surface area contributed by atoms with Crippen molar-refractivity contribution in [3.63, 3.8) is 0 Å². The van der Waals surface area contributed by atoms with Crippen LogP contribution >= 0.6 is 0 Å². The summed E-state index contributed by atoms with van der Waals surface area (Å²) in [6.07, 6.45) is 2.26. The summed E-state index contributed by atoms with van der Waals surface area (Å²) in [5.74, 6) is 0.0772. The number of carbonyl (C=O) groups is 1. The molecule has 1 aromatic carbocycles. The lowest BCUT2D eigenvalue weighted by Gasteiger charge is -2.38. The third-order valence-electron chi connectivity index (χ3n) is 4.05. The molecular weight excluding hydrogens is 266 g/mol. The Labute approximate surface area is 124 Å². The summed E-state index contributed by atoms with van der Waals surface area (Å²) in [5.41, 5.74) is 2.14. The van der Waals surface area contributed by atoms with Gasteiger partial charge in [0.1, 0.15) is 0 Å².